The molecule has 0 radical (unpaired) electrons. The van der Waals surface area contributed by atoms with E-state index in [1.54, 1.807) is 0 Å². The SMILES string of the molecule is O=c1c2ccccc2n2c3ccc(-c4ccc5c(c4)c4ccccc4n5-c4ccccc4)cc3cc2n1-c1ccccc1. The summed E-state index contributed by atoms with van der Waals surface area (Å²) in [6, 6.07) is 52.4. The summed E-state index contributed by atoms with van der Waals surface area (Å²) in [5.74, 6) is 0. The molecule has 0 bridgehead atoms. The number of rotatable bonds is 3. The van der Waals surface area contributed by atoms with E-state index < -0.39 is 0 Å². The molecule has 202 valence electrons. The Bertz CT molecular complexity index is 2570. The zero-order valence-corrected chi connectivity index (χ0v) is 23.2. The van der Waals surface area contributed by atoms with Crippen molar-refractivity contribution < 1.29 is 0 Å². The molecule has 43 heavy (non-hydrogen) atoms. The van der Waals surface area contributed by atoms with Gasteiger partial charge in [-0.3, -0.25) is 13.8 Å². The van der Waals surface area contributed by atoms with E-state index in [2.05, 4.69) is 106 Å². The summed E-state index contributed by atoms with van der Waals surface area (Å²) in [7, 11) is 0. The van der Waals surface area contributed by atoms with Crippen LogP contribution in [0.15, 0.2) is 156 Å². The largest absolute Gasteiger partial charge is 0.309 e. The van der Waals surface area contributed by atoms with Crippen LogP contribution in [0.5, 0.6) is 0 Å². The zero-order valence-electron chi connectivity index (χ0n) is 23.2. The van der Waals surface area contributed by atoms with Crippen LogP contribution in [-0.2, 0) is 0 Å². The molecule has 9 aromatic rings. The second-order valence-electron chi connectivity index (χ2n) is 11.0. The normalized spacial score (nSPS) is 11.8. The fourth-order valence-corrected chi connectivity index (χ4v) is 6.71. The molecule has 0 atom stereocenters. The minimum absolute atomic E-state index is 0.0161. The molecular formula is C39H25N3O. The molecule has 0 spiro atoms. The average Bonchev–Trinajstić information content (AvgIpc) is 3.61. The van der Waals surface area contributed by atoms with Gasteiger partial charge in [0.25, 0.3) is 5.56 Å². The van der Waals surface area contributed by atoms with Gasteiger partial charge in [0.2, 0.25) is 0 Å². The minimum atomic E-state index is -0.0161. The van der Waals surface area contributed by atoms with Crippen LogP contribution in [0, 0.1) is 0 Å². The van der Waals surface area contributed by atoms with Crippen LogP contribution in [0.4, 0.5) is 0 Å². The molecule has 0 amide bonds. The fourth-order valence-electron chi connectivity index (χ4n) is 6.71. The number of benzene rings is 6. The number of nitrogens with zero attached hydrogens (tertiary/aromatic N) is 3. The molecule has 4 heteroatoms. The Morgan fingerprint density at radius 1 is 0.395 bits per heavy atom. The summed E-state index contributed by atoms with van der Waals surface area (Å²) in [6.45, 7) is 0. The third-order valence-electron chi connectivity index (χ3n) is 8.62. The molecule has 0 saturated carbocycles. The molecule has 0 N–H and O–H groups in total. The molecule has 9 rings (SSSR count). The third-order valence-corrected chi connectivity index (χ3v) is 8.62. The van der Waals surface area contributed by atoms with Gasteiger partial charge in [-0.2, -0.15) is 0 Å². The lowest BCUT2D eigenvalue weighted by Crippen LogP contribution is -2.20. The summed E-state index contributed by atoms with van der Waals surface area (Å²) in [4.78, 5) is 13.8. The Kier molecular flexibility index (Phi) is 5.02. The van der Waals surface area contributed by atoms with Gasteiger partial charge in [0.1, 0.15) is 5.65 Å². The molecule has 0 saturated heterocycles. The first-order valence-electron chi connectivity index (χ1n) is 14.5. The smallest absolute Gasteiger partial charge is 0.266 e. The molecule has 4 nitrogen and oxygen atoms in total. The van der Waals surface area contributed by atoms with E-state index in [0.717, 1.165) is 44.6 Å². The van der Waals surface area contributed by atoms with Crippen LogP contribution >= 0.6 is 0 Å². The van der Waals surface area contributed by atoms with Gasteiger partial charge in [-0.15, -0.1) is 0 Å². The van der Waals surface area contributed by atoms with Crippen LogP contribution in [0.3, 0.4) is 0 Å². The van der Waals surface area contributed by atoms with E-state index in [9.17, 15) is 4.79 Å². The van der Waals surface area contributed by atoms with Gasteiger partial charge in [-0.25, -0.2) is 0 Å². The number of para-hydroxylation sites is 4. The van der Waals surface area contributed by atoms with Gasteiger partial charge in [0, 0.05) is 21.8 Å². The van der Waals surface area contributed by atoms with Crippen LogP contribution in [0.1, 0.15) is 0 Å². The van der Waals surface area contributed by atoms with Crippen molar-refractivity contribution in [2.75, 3.05) is 0 Å². The molecule has 3 aromatic heterocycles. The van der Waals surface area contributed by atoms with Gasteiger partial charge in [-0.05, 0) is 83.9 Å². The van der Waals surface area contributed by atoms with Gasteiger partial charge in [-0.1, -0.05) is 78.9 Å². The van der Waals surface area contributed by atoms with Crippen molar-refractivity contribution >= 4 is 49.3 Å². The fraction of sp³-hybridized carbons (Fsp3) is 0. The van der Waals surface area contributed by atoms with Crippen LogP contribution in [0.2, 0.25) is 0 Å². The van der Waals surface area contributed by atoms with Crippen molar-refractivity contribution in [3.63, 3.8) is 0 Å². The van der Waals surface area contributed by atoms with Crippen LogP contribution in [0.25, 0.3) is 71.8 Å². The summed E-state index contributed by atoms with van der Waals surface area (Å²) < 4.78 is 6.37. The van der Waals surface area contributed by atoms with Crippen molar-refractivity contribution in [1.82, 2.24) is 13.5 Å². The monoisotopic (exact) mass is 551 g/mol. The first kappa shape index (κ1) is 23.8. The summed E-state index contributed by atoms with van der Waals surface area (Å²) in [5.41, 5.74) is 9.50. The second-order valence-corrected chi connectivity index (χ2v) is 11.0. The summed E-state index contributed by atoms with van der Waals surface area (Å²) in [6.07, 6.45) is 0. The highest BCUT2D eigenvalue weighted by Crippen LogP contribution is 2.36. The lowest BCUT2D eigenvalue weighted by atomic mass is 10.0. The number of aromatic nitrogens is 3. The summed E-state index contributed by atoms with van der Waals surface area (Å²) >= 11 is 0. The van der Waals surface area contributed by atoms with Crippen molar-refractivity contribution in [3.8, 4) is 22.5 Å². The Balaban J connectivity index is 1.29. The molecule has 0 fully saturated rings. The van der Waals surface area contributed by atoms with Crippen molar-refractivity contribution in [3.05, 3.63) is 162 Å². The molecule has 0 aliphatic carbocycles. The Morgan fingerprint density at radius 2 is 0.953 bits per heavy atom. The highest BCUT2D eigenvalue weighted by atomic mass is 16.1. The van der Waals surface area contributed by atoms with E-state index >= 15 is 0 Å². The van der Waals surface area contributed by atoms with Gasteiger partial charge < -0.3 is 4.57 Å². The maximum Gasteiger partial charge on any atom is 0.266 e. The Labute approximate surface area is 246 Å². The standard InChI is InChI=1S/C39H25N3O/c43-39-32-16-8-10-18-36(32)42-34-21-19-26(23-28(34)25-38(42)41(39)30-13-5-2-6-14-30)27-20-22-37-33(24-27)31-15-7-9-17-35(31)40(37)29-11-3-1-4-12-29/h1-25H. The topological polar surface area (TPSA) is 31.3 Å². The second kappa shape index (κ2) is 9.07. The first-order chi connectivity index (χ1) is 21.3. The Hall–Kier alpha value is -5.87. The minimum Gasteiger partial charge on any atom is -0.309 e. The van der Waals surface area contributed by atoms with E-state index in [1.165, 1.54) is 21.8 Å². The quantitative estimate of drug-likeness (QED) is 0.215. The maximum absolute atomic E-state index is 13.8. The van der Waals surface area contributed by atoms with E-state index in [0.29, 0.717) is 5.39 Å². The Morgan fingerprint density at radius 3 is 1.70 bits per heavy atom. The third kappa shape index (κ3) is 3.47. The van der Waals surface area contributed by atoms with Crippen molar-refractivity contribution in [2.45, 2.75) is 0 Å². The highest BCUT2D eigenvalue weighted by molar-refractivity contribution is 6.10. The molecule has 0 unspecified atom stereocenters. The van der Waals surface area contributed by atoms with E-state index in [1.807, 2.05) is 59.2 Å². The zero-order chi connectivity index (χ0) is 28.5. The lowest BCUT2D eigenvalue weighted by molar-refractivity contribution is 1.01. The molecule has 0 aliphatic heterocycles. The highest BCUT2D eigenvalue weighted by Gasteiger charge is 2.17. The maximum atomic E-state index is 13.8. The predicted molar refractivity (Wildman–Crippen MR) is 178 cm³/mol. The van der Waals surface area contributed by atoms with Crippen LogP contribution < -0.4 is 5.56 Å². The number of fused-ring (bicyclic) bond motifs is 8. The van der Waals surface area contributed by atoms with Crippen LogP contribution in [-0.4, -0.2) is 13.5 Å². The van der Waals surface area contributed by atoms with E-state index in [-0.39, 0.29) is 5.56 Å². The van der Waals surface area contributed by atoms with Gasteiger partial charge in [0.15, 0.2) is 0 Å². The van der Waals surface area contributed by atoms with Gasteiger partial charge >= 0.3 is 0 Å². The predicted octanol–water partition coefficient (Wildman–Crippen LogP) is 9.16. The summed E-state index contributed by atoms with van der Waals surface area (Å²) in [5, 5.41) is 4.24. The lowest BCUT2D eigenvalue weighted by Gasteiger charge is -2.12. The molecule has 3 heterocycles. The average molecular weight is 552 g/mol. The molecular weight excluding hydrogens is 526 g/mol. The van der Waals surface area contributed by atoms with Gasteiger partial charge in [0.05, 0.1) is 33.1 Å². The number of hydrogen-bond donors (Lipinski definition) is 0. The van der Waals surface area contributed by atoms with Crippen molar-refractivity contribution in [1.29, 1.82) is 0 Å². The molecule has 6 aromatic carbocycles. The molecule has 0 aliphatic rings. The number of hydrogen-bond acceptors (Lipinski definition) is 1. The van der Waals surface area contributed by atoms with E-state index in [4.69, 9.17) is 0 Å². The van der Waals surface area contributed by atoms with Crippen molar-refractivity contribution in [2.24, 2.45) is 0 Å². The first-order valence-corrected chi connectivity index (χ1v) is 14.5.